The Bertz CT molecular complexity index is 2770. The molecule has 3 heteroatoms. The van der Waals surface area contributed by atoms with Gasteiger partial charge in [0, 0.05) is 39.1 Å². The second kappa shape index (κ2) is 12.2. The molecule has 1 aliphatic carbocycles. The van der Waals surface area contributed by atoms with Crippen LogP contribution in [0.2, 0.25) is 0 Å². The third kappa shape index (κ3) is 5.00. The molecule has 53 heavy (non-hydrogen) atoms. The van der Waals surface area contributed by atoms with Gasteiger partial charge < -0.3 is 4.90 Å². The van der Waals surface area contributed by atoms with Crippen LogP contribution in [0.4, 0.5) is 17.1 Å². The van der Waals surface area contributed by atoms with Gasteiger partial charge in [-0.25, -0.2) is 4.98 Å². The van der Waals surface area contributed by atoms with Crippen LogP contribution in [0.15, 0.2) is 188 Å². The molecule has 0 N–H and O–H groups in total. The molecule has 9 aromatic rings. The first-order valence-corrected chi connectivity index (χ1v) is 18.3. The second-order valence-electron chi connectivity index (χ2n) is 14.4. The SMILES string of the molecule is CC1(C)c2ccc(N(c3ccccc3)c3ccc(-c4ccccc4)cc3)cc2-c2ccc3c(ccc4nc(-c5ccccc5)n(-c5ccccc5)c43)c21. The van der Waals surface area contributed by atoms with Crippen LogP contribution in [0.25, 0.3) is 61.1 Å². The third-order valence-electron chi connectivity index (χ3n) is 11.0. The van der Waals surface area contributed by atoms with Crippen molar-refractivity contribution in [1.82, 2.24) is 9.55 Å². The zero-order valence-electron chi connectivity index (χ0n) is 29.7. The highest BCUT2D eigenvalue weighted by atomic mass is 15.1. The van der Waals surface area contributed by atoms with Crippen molar-refractivity contribution < 1.29 is 0 Å². The summed E-state index contributed by atoms with van der Waals surface area (Å²) in [5, 5.41) is 2.48. The Hall–Kier alpha value is -6.71. The molecule has 1 aliphatic rings. The van der Waals surface area contributed by atoms with Gasteiger partial charge in [-0.05, 0) is 93.4 Å². The quantitative estimate of drug-likeness (QED) is 0.174. The van der Waals surface area contributed by atoms with Crippen molar-refractivity contribution in [3.63, 3.8) is 0 Å². The van der Waals surface area contributed by atoms with Crippen LogP contribution in [0.5, 0.6) is 0 Å². The molecule has 0 aliphatic heterocycles. The first-order valence-electron chi connectivity index (χ1n) is 18.3. The summed E-state index contributed by atoms with van der Waals surface area (Å²) in [5.41, 5.74) is 15.2. The predicted octanol–water partition coefficient (Wildman–Crippen LogP) is 13.3. The largest absolute Gasteiger partial charge is 0.310 e. The minimum atomic E-state index is -0.203. The molecule has 1 heterocycles. The Morgan fingerprint density at radius 2 is 1.04 bits per heavy atom. The number of benzene rings is 8. The Kier molecular flexibility index (Phi) is 7.16. The molecule has 0 fully saturated rings. The van der Waals surface area contributed by atoms with Crippen molar-refractivity contribution in [3.05, 3.63) is 199 Å². The molecule has 0 unspecified atom stereocenters. The number of hydrogen-bond acceptors (Lipinski definition) is 2. The lowest BCUT2D eigenvalue weighted by Crippen LogP contribution is -2.16. The van der Waals surface area contributed by atoms with Gasteiger partial charge in [-0.2, -0.15) is 0 Å². The van der Waals surface area contributed by atoms with Crippen LogP contribution in [0.1, 0.15) is 25.0 Å². The normalized spacial score (nSPS) is 12.9. The predicted molar refractivity (Wildman–Crippen MR) is 222 cm³/mol. The number of hydrogen-bond donors (Lipinski definition) is 0. The van der Waals surface area contributed by atoms with E-state index in [0.717, 1.165) is 45.2 Å². The van der Waals surface area contributed by atoms with E-state index < -0.39 is 0 Å². The molecule has 0 saturated heterocycles. The van der Waals surface area contributed by atoms with Crippen LogP contribution < -0.4 is 4.90 Å². The lowest BCUT2D eigenvalue weighted by molar-refractivity contribution is 0.666. The Morgan fingerprint density at radius 3 is 1.74 bits per heavy atom. The molecule has 0 spiro atoms. The van der Waals surface area contributed by atoms with Crippen LogP contribution >= 0.6 is 0 Å². The highest BCUT2D eigenvalue weighted by molar-refractivity contribution is 6.11. The molecular weight excluding hydrogens is 643 g/mol. The molecule has 3 nitrogen and oxygen atoms in total. The number of para-hydroxylation sites is 2. The van der Waals surface area contributed by atoms with Crippen LogP contribution in [0.3, 0.4) is 0 Å². The second-order valence-corrected chi connectivity index (χ2v) is 14.4. The summed E-state index contributed by atoms with van der Waals surface area (Å²) < 4.78 is 2.34. The molecule has 0 amide bonds. The summed E-state index contributed by atoms with van der Waals surface area (Å²) in [6.45, 7) is 4.75. The van der Waals surface area contributed by atoms with Gasteiger partial charge in [0.2, 0.25) is 0 Å². The maximum absolute atomic E-state index is 5.25. The molecule has 0 atom stereocenters. The van der Waals surface area contributed by atoms with Gasteiger partial charge in [-0.3, -0.25) is 4.57 Å². The van der Waals surface area contributed by atoms with Crippen molar-refractivity contribution in [1.29, 1.82) is 0 Å². The van der Waals surface area contributed by atoms with E-state index in [1.807, 2.05) is 0 Å². The smallest absolute Gasteiger partial charge is 0.145 e. The van der Waals surface area contributed by atoms with Crippen LogP contribution in [-0.4, -0.2) is 9.55 Å². The summed E-state index contributed by atoms with van der Waals surface area (Å²) in [6.07, 6.45) is 0. The fraction of sp³-hybridized carbons (Fsp3) is 0.0600. The fourth-order valence-corrected chi connectivity index (χ4v) is 8.51. The van der Waals surface area contributed by atoms with Gasteiger partial charge in [0.1, 0.15) is 5.82 Å². The Morgan fingerprint density at radius 1 is 0.472 bits per heavy atom. The molecule has 1 aromatic heterocycles. The summed E-state index contributed by atoms with van der Waals surface area (Å²) in [4.78, 5) is 7.62. The van der Waals surface area contributed by atoms with Crippen LogP contribution in [0, 0.1) is 0 Å². The number of aromatic nitrogens is 2. The zero-order chi connectivity index (χ0) is 35.5. The van der Waals surface area contributed by atoms with Gasteiger partial charge in [0.15, 0.2) is 0 Å². The van der Waals surface area contributed by atoms with Gasteiger partial charge in [-0.15, -0.1) is 0 Å². The van der Waals surface area contributed by atoms with E-state index in [4.69, 9.17) is 4.98 Å². The van der Waals surface area contributed by atoms with Gasteiger partial charge >= 0.3 is 0 Å². The highest BCUT2D eigenvalue weighted by Gasteiger charge is 2.38. The standard InChI is InChI=1S/C50H37N3/c1-50(2)45-31-27-40(52(37-19-11-5-12-20-37)39-25-23-35(24-26-39)34-15-7-3-8-16-34)33-44(45)42-28-29-43-41(47(42)50)30-32-46-48(43)53(38-21-13-6-14-22-38)49(51-46)36-17-9-4-10-18-36/h3-33H,1-2H3. The summed E-state index contributed by atoms with van der Waals surface area (Å²) in [7, 11) is 0. The third-order valence-corrected chi connectivity index (χ3v) is 11.0. The minimum absolute atomic E-state index is 0.203. The van der Waals surface area contributed by atoms with Crippen molar-refractivity contribution >= 4 is 38.9 Å². The summed E-state index contributed by atoms with van der Waals surface area (Å²) in [5.74, 6) is 0.949. The highest BCUT2D eigenvalue weighted by Crippen LogP contribution is 2.53. The van der Waals surface area contributed by atoms with E-state index in [2.05, 4.69) is 211 Å². The van der Waals surface area contributed by atoms with Gasteiger partial charge in [0.05, 0.1) is 11.0 Å². The van der Waals surface area contributed by atoms with Gasteiger partial charge in [0.25, 0.3) is 0 Å². The average molecular weight is 680 g/mol. The van der Waals surface area contributed by atoms with Crippen molar-refractivity contribution in [2.45, 2.75) is 19.3 Å². The lowest BCUT2D eigenvalue weighted by atomic mass is 9.80. The van der Waals surface area contributed by atoms with E-state index in [9.17, 15) is 0 Å². The molecule has 0 saturated carbocycles. The lowest BCUT2D eigenvalue weighted by Gasteiger charge is -2.27. The molecule has 8 aromatic carbocycles. The molecule has 252 valence electrons. The Labute approximate surface area is 310 Å². The maximum atomic E-state index is 5.25. The van der Waals surface area contributed by atoms with E-state index >= 15 is 0 Å². The number of nitrogens with zero attached hydrogens (tertiary/aromatic N) is 3. The monoisotopic (exact) mass is 679 g/mol. The minimum Gasteiger partial charge on any atom is -0.310 e. The van der Waals surface area contributed by atoms with E-state index in [1.54, 1.807) is 0 Å². The zero-order valence-corrected chi connectivity index (χ0v) is 29.7. The molecule has 10 rings (SSSR count). The van der Waals surface area contributed by atoms with E-state index in [0.29, 0.717) is 0 Å². The number of fused-ring (bicyclic) bond motifs is 7. The van der Waals surface area contributed by atoms with Crippen molar-refractivity contribution in [2.24, 2.45) is 0 Å². The molecular formula is C50H37N3. The first kappa shape index (κ1) is 31.1. The number of imidazole rings is 1. The molecule has 0 radical (unpaired) electrons. The first-order chi connectivity index (χ1) is 26.1. The summed E-state index contributed by atoms with van der Waals surface area (Å²) in [6, 6.07) is 67.6. The maximum Gasteiger partial charge on any atom is 0.145 e. The van der Waals surface area contributed by atoms with Gasteiger partial charge in [-0.1, -0.05) is 147 Å². The Balaban J connectivity index is 1.15. The summed E-state index contributed by atoms with van der Waals surface area (Å²) >= 11 is 0. The van der Waals surface area contributed by atoms with E-state index in [-0.39, 0.29) is 5.41 Å². The van der Waals surface area contributed by atoms with E-state index in [1.165, 1.54) is 44.2 Å². The number of anilines is 3. The van der Waals surface area contributed by atoms with Crippen molar-refractivity contribution in [3.8, 4) is 39.3 Å². The molecule has 0 bridgehead atoms. The fourth-order valence-electron chi connectivity index (χ4n) is 8.51. The van der Waals surface area contributed by atoms with Crippen LogP contribution in [-0.2, 0) is 5.41 Å². The number of rotatable bonds is 6. The van der Waals surface area contributed by atoms with Crippen molar-refractivity contribution in [2.75, 3.05) is 4.90 Å². The topological polar surface area (TPSA) is 21.1 Å². The average Bonchev–Trinajstić information content (AvgIpc) is 3.72.